The molecular formula is C20H21FN2O3S. The van der Waals surface area contributed by atoms with Gasteiger partial charge in [-0.2, -0.15) is 0 Å². The molecule has 0 spiro atoms. The maximum atomic E-state index is 13.7. The highest BCUT2D eigenvalue weighted by Gasteiger charge is 2.29. The highest BCUT2D eigenvalue weighted by molar-refractivity contribution is 7.93. The predicted molar refractivity (Wildman–Crippen MR) is 106 cm³/mol. The highest BCUT2D eigenvalue weighted by atomic mass is 32.2. The summed E-state index contributed by atoms with van der Waals surface area (Å²) >= 11 is 0. The van der Waals surface area contributed by atoms with Crippen molar-refractivity contribution in [3.05, 3.63) is 65.0 Å². The lowest BCUT2D eigenvalue weighted by molar-refractivity contribution is -0.112. The number of halogens is 1. The van der Waals surface area contributed by atoms with E-state index in [2.05, 4.69) is 5.32 Å². The first-order valence-corrected chi connectivity index (χ1v) is 10.2. The molecule has 1 saturated heterocycles. The van der Waals surface area contributed by atoms with Gasteiger partial charge in [0.25, 0.3) is 5.91 Å². The molecule has 27 heavy (non-hydrogen) atoms. The van der Waals surface area contributed by atoms with Crippen molar-refractivity contribution in [3.63, 3.8) is 0 Å². The van der Waals surface area contributed by atoms with Crippen LogP contribution in [0.2, 0.25) is 0 Å². The molecule has 5 nitrogen and oxygen atoms in total. The molecule has 2 aromatic rings. The second-order valence-electron chi connectivity index (χ2n) is 6.55. The largest absolute Gasteiger partial charge is 0.322 e. The highest BCUT2D eigenvalue weighted by Crippen LogP contribution is 2.29. The Bertz CT molecular complexity index is 1020. The molecule has 0 bridgehead atoms. The van der Waals surface area contributed by atoms with Crippen LogP contribution in [0, 0.1) is 12.7 Å². The van der Waals surface area contributed by atoms with Crippen molar-refractivity contribution in [1.82, 2.24) is 0 Å². The van der Waals surface area contributed by atoms with E-state index in [0.717, 1.165) is 5.56 Å². The number of hydrogen-bond acceptors (Lipinski definition) is 3. The molecule has 1 aliphatic rings. The molecule has 1 fully saturated rings. The molecule has 0 radical (unpaired) electrons. The van der Waals surface area contributed by atoms with E-state index in [1.807, 2.05) is 0 Å². The Balaban J connectivity index is 1.77. The van der Waals surface area contributed by atoms with Gasteiger partial charge in [-0.3, -0.25) is 9.10 Å². The molecule has 1 aliphatic heterocycles. The van der Waals surface area contributed by atoms with Crippen LogP contribution in [0.5, 0.6) is 0 Å². The van der Waals surface area contributed by atoms with Gasteiger partial charge in [0.1, 0.15) is 5.82 Å². The van der Waals surface area contributed by atoms with Crippen molar-refractivity contribution >= 4 is 33.4 Å². The average molecular weight is 388 g/mol. The van der Waals surface area contributed by atoms with Gasteiger partial charge in [-0.05, 0) is 56.2 Å². The number of carbonyl (C=O) groups excluding carboxylic acids is 1. The van der Waals surface area contributed by atoms with Crippen LogP contribution in [0.1, 0.15) is 24.5 Å². The summed E-state index contributed by atoms with van der Waals surface area (Å²) in [5, 5.41) is 2.76. The zero-order chi connectivity index (χ0) is 19.6. The van der Waals surface area contributed by atoms with Gasteiger partial charge in [-0.25, -0.2) is 12.8 Å². The van der Waals surface area contributed by atoms with Crippen molar-refractivity contribution < 1.29 is 17.6 Å². The third-order valence-electron chi connectivity index (χ3n) is 4.46. The summed E-state index contributed by atoms with van der Waals surface area (Å²) in [6.45, 7) is 3.89. The summed E-state index contributed by atoms with van der Waals surface area (Å²) in [6.07, 6.45) is 2.10. The van der Waals surface area contributed by atoms with Gasteiger partial charge in [0.05, 0.1) is 11.4 Å². The summed E-state index contributed by atoms with van der Waals surface area (Å²) < 4.78 is 39.3. The molecule has 2 aromatic carbocycles. The van der Waals surface area contributed by atoms with Crippen LogP contribution >= 0.6 is 0 Å². The zero-order valence-electron chi connectivity index (χ0n) is 15.2. The first-order valence-electron chi connectivity index (χ1n) is 8.63. The molecule has 0 saturated carbocycles. The lowest BCUT2D eigenvalue weighted by Gasteiger charge is -2.20. The summed E-state index contributed by atoms with van der Waals surface area (Å²) in [7, 11) is -3.25. The number of carbonyl (C=O) groups is 1. The second kappa shape index (κ2) is 7.52. The van der Waals surface area contributed by atoms with Crippen LogP contribution in [0.3, 0.4) is 0 Å². The number of anilines is 2. The molecular weight excluding hydrogens is 367 g/mol. The third kappa shape index (κ3) is 4.19. The Kier molecular flexibility index (Phi) is 5.32. The van der Waals surface area contributed by atoms with Crippen LogP contribution in [0.25, 0.3) is 6.08 Å². The van der Waals surface area contributed by atoms with Gasteiger partial charge in [-0.1, -0.05) is 18.2 Å². The fraction of sp³-hybridized carbons (Fsp3) is 0.250. The minimum Gasteiger partial charge on any atom is -0.322 e. The quantitative estimate of drug-likeness (QED) is 0.812. The topological polar surface area (TPSA) is 66.5 Å². The molecule has 0 unspecified atom stereocenters. The van der Waals surface area contributed by atoms with E-state index in [-0.39, 0.29) is 11.7 Å². The van der Waals surface area contributed by atoms with Crippen molar-refractivity contribution in [1.29, 1.82) is 0 Å². The van der Waals surface area contributed by atoms with E-state index in [0.29, 0.717) is 35.5 Å². The number of rotatable bonds is 4. The van der Waals surface area contributed by atoms with Gasteiger partial charge in [0.15, 0.2) is 0 Å². The van der Waals surface area contributed by atoms with Crippen molar-refractivity contribution in [2.24, 2.45) is 0 Å². The predicted octanol–water partition coefficient (Wildman–Crippen LogP) is 3.72. The number of sulfonamides is 1. The zero-order valence-corrected chi connectivity index (χ0v) is 16.0. The number of amides is 1. The second-order valence-corrected chi connectivity index (χ2v) is 8.56. The Morgan fingerprint density at radius 1 is 1.22 bits per heavy atom. The number of aryl methyl sites for hydroxylation is 1. The van der Waals surface area contributed by atoms with Crippen molar-refractivity contribution in [2.45, 2.75) is 20.3 Å². The van der Waals surface area contributed by atoms with Gasteiger partial charge in [0, 0.05) is 23.4 Å². The van der Waals surface area contributed by atoms with E-state index in [4.69, 9.17) is 0 Å². The summed E-state index contributed by atoms with van der Waals surface area (Å²) in [4.78, 5) is 12.4. The first kappa shape index (κ1) is 19.1. The van der Waals surface area contributed by atoms with E-state index >= 15 is 0 Å². The normalized spacial score (nSPS) is 16.4. The molecule has 0 atom stereocenters. The molecule has 1 heterocycles. The molecule has 0 aromatic heterocycles. The van der Waals surface area contributed by atoms with Gasteiger partial charge in [0.2, 0.25) is 10.0 Å². The number of hydrogen-bond donors (Lipinski definition) is 1. The average Bonchev–Trinajstić information content (AvgIpc) is 2.96. The molecule has 3 rings (SSSR count). The van der Waals surface area contributed by atoms with Crippen LogP contribution < -0.4 is 9.62 Å². The SMILES string of the molecule is C/C(=C\c1ccccc1F)C(=O)Nc1ccc(N2CCCS2(=O)=O)c(C)c1. The minimum absolute atomic E-state index is 0.158. The first-order chi connectivity index (χ1) is 12.8. The standard InChI is InChI=1S/C20H21FN2O3S/c1-14-13-17(8-9-19(14)23-10-5-11-27(23,25)26)22-20(24)15(2)12-16-6-3-4-7-18(16)21/h3-4,6-9,12-13H,5,10-11H2,1-2H3,(H,22,24)/b15-12+. The Morgan fingerprint density at radius 3 is 2.59 bits per heavy atom. The fourth-order valence-corrected chi connectivity index (χ4v) is 4.67. The van der Waals surface area contributed by atoms with E-state index in [9.17, 15) is 17.6 Å². The molecule has 1 N–H and O–H groups in total. The van der Waals surface area contributed by atoms with Gasteiger partial charge < -0.3 is 5.32 Å². The van der Waals surface area contributed by atoms with Gasteiger partial charge >= 0.3 is 0 Å². The third-order valence-corrected chi connectivity index (χ3v) is 6.31. The molecule has 1 amide bonds. The Morgan fingerprint density at radius 2 is 1.96 bits per heavy atom. The molecule has 7 heteroatoms. The van der Waals surface area contributed by atoms with Crippen molar-refractivity contribution in [3.8, 4) is 0 Å². The fourth-order valence-electron chi connectivity index (χ4n) is 3.04. The Labute approximate surface area is 158 Å². The summed E-state index contributed by atoms with van der Waals surface area (Å²) in [6, 6.07) is 11.3. The van der Waals surface area contributed by atoms with E-state index in [1.54, 1.807) is 50.2 Å². The molecule has 142 valence electrons. The summed E-state index contributed by atoms with van der Waals surface area (Å²) in [5.74, 6) is -0.582. The lowest BCUT2D eigenvalue weighted by atomic mass is 10.1. The van der Waals surface area contributed by atoms with Gasteiger partial charge in [-0.15, -0.1) is 0 Å². The van der Waals surface area contributed by atoms with Crippen molar-refractivity contribution in [2.75, 3.05) is 21.9 Å². The number of benzene rings is 2. The van der Waals surface area contributed by atoms with Crippen LogP contribution in [-0.4, -0.2) is 26.6 Å². The monoisotopic (exact) mass is 388 g/mol. The maximum Gasteiger partial charge on any atom is 0.251 e. The van der Waals surface area contributed by atoms with E-state index < -0.39 is 15.8 Å². The smallest absolute Gasteiger partial charge is 0.251 e. The van der Waals surface area contributed by atoms with Crippen LogP contribution in [-0.2, 0) is 14.8 Å². The molecule has 0 aliphatic carbocycles. The Hall–Kier alpha value is -2.67. The van der Waals surface area contributed by atoms with Crippen LogP contribution in [0.15, 0.2) is 48.0 Å². The maximum absolute atomic E-state index is 13.7. The number of nitrogens with zero attached hydrogens (tertiary/aromatic N) is 1. The minimum atomic E-state index is -3.25. The lowest BCUT2D eigenvalue weighted by Crippen LogP contribution is -2.25. The van der Waals surface area contributed by atoms with E-state index in [1.165, 1.54) is 16.4 Å². The summed E-state index contributed by atoms with van der Waals surface area (Å²) in [5.41, 5.74) is 2.65. The van der Waals surface area contributed by atoms with Crippen LogP contribution in [0.4, 0.5) is 15.8 Å². The number of nitrogens with one attached hydrogen (secondary N) is 1.